The van der Waals surface area contributed by atoms with Crippen LogP contribution in [0.2, 0.25) is 0 Å². The Morgan fingerprint density at radius 2 is 1.90 bits per heavy atom. The van der Waals surface area contributed by atoms with E-state index in [1.54, 1.807) is 6.92 Å². The first-order chi connectivity index (χ1) is 18.8. The van der Waals surface area contributed by atoms with Crippen molar-refractivity contribution in [2.24, 2.45) is 11.8 Å². The fourth-order valence-corrected chi connectivity index (χ4v) is 5.41. The zero-order valence-electron chi connectivity index (χ0n) is 23.1. The van der Waals surface area contributed by atoms with Crippen molar-refractivity contribution in [2.45, 2.75) is 58.6 Å². The molecule has 2 amide bonds. The Morgan fingerprint density at radius 1 is 1.15 bits per heavy atom. The SMILES string of the molecule is Cc1nc(NNC(=O)[C@@H](CNC(=O)OCc2ccccc2)CC2CCCC2)c(F)c(N2CCN(C)C[C@@H]2C)n1. The normalized spacial score (nSPS) is 19.0. The number of piperazine rings is 1. The third kappa shape index (κ3) is 8.01. The van der Waals surface area contributed by atoms with Crippen molar-refractivity contribution in [3.05, 3.63) is 47.5 Å². The first-order valence-electron chi connectivity index (χ1n) is 13.8. The summed E-state index contributed by atoms with van der Waals surface area (Å²) in [6.07, 6.45) is 4.44. The molecule has 10 nitrogen and oxygen atoms in total. The highest BCUT2D eigenvalue weighted by atomic mass is 19.1. The van der Waals surface area contributed by atoms with Crippen LogP contribution in [0.5, 0.6) is 0 Å². The van der Waals surface area contributed by atoms with Gasteiger partial charge in [0.2, 0.25) is 11.7 Å². The van der Waals surface area contributed by atoms with Gasteiger partial charge in [-0.2, -0.15) is 4.39 Å². The molecule has 212 valence electrons. The highest BCUT2D eigenvalue weighted by molar-refractivity contribution is 5.81. The number of aryl methyl sites for hydroxylation is 1. The predicted octanol–water partition coefficient (Wildman–Crippen LogP) is 3.63. The molecular weight excluding hydrogens is 501 g/mol. The van der Waals surface area contributed by atoms with Gasteiger partial charge < -0.3 is 19.9 Å². The van der Waals surface area contributed by atoms with Gasteiger partial charge in [0.05, 0.1) is 5.92 Å². The molecule has 0 unspecified atom stereocenters. The summed E-state index contributed by atoms with van der Waals surface area (Å²) in [6.45, 7) is 6.24. The van der Waals surface area contributed by atoms with E-state index < -0.39 is 17.8 Å². The number of alkyl carbamates (subject to hydrolysis) is 1. The van der Waals surface area contributed by atoms with Crippen LogP contribution < -0.4 is 21.1 Å². The molecule has 2 aliphatic rings. The highest BCUT2D eigenvalue weighted by Crippen LogP contribution is 2.30. The summed E-state index contributed by atoms with van der Waals surface area (Å²) in [5.41, 5.74) is 6.20. The van der Waals surface area contributed by atoms with E-state index in [9.17, 15) is 9.59 Å². The van der Waals surface area contributed by atoms with E-state index in [4.69, 9.17) is 4.74 Å². The van der Waals surface area contributed by atoms with Crippen molar-refractivity contribution in [3.63, 3.8) is 0 Å². The molecule has 1 aromatic carbocycles. The fourth-order valence-electron chi connectivity index (χ4n) is 5.41. The molecule has 2 fully saturated rings. The van der Waals surface area contributed by atoms with Gasteiger partial charge in [-0.3, -0.25) is 15.6 Å². The van der Waals surface area contributed by atoms with Crippen LogP contribution in [-0.2, 0) is 16.1 Å². The lowest BCUT2D eigenvalue weighted by Gasteiger charge is -2.39. The lowest BCUT2D eigenvalue weighted by atomic mass is 9.92. The molecule has 1 aliphatic carbocycles. The van der Waals surface area contributed by atoms with Gasteiger partial charge in [-0.15, -0.1) is 0 Å². The van der Waals surface area contributed by atoms with Crippen LogP contribution in [-0.4, -0.2) is 66.1 Å². The van der Waals surface area contributed by atoms with E-state index in [0.717, 1.165) is 44.3 Å². The van der Waals surface area contributed by atoms with Gasteiger partial charge in [-0.1, -0.05) is 56.0 Å². The number of anilines is 2. The summed E-state index contributed by atoms with van der Waals surface area (Å²) < 4.78 is 20.8. The molecule has 3 N–H and O–H groups in total. The Labute approximate surface area is 229 Å². The van der Waals surface area contributed by atoms with E-state index in [2.05, 4.69) is 31.0 Å². The van der Waals surface area contributed by atoms with Crippen molar-refractivity contribution in [1.82, 2.24) is 25.6 Å². The van der Waals surface area contributed by atoms with E-state index in [1.807, 2.05) is 49.2 Å². The number of rotatable bonds is 10. The lowest BCUT2D eigenvalue weighted by molar-refractivity contribution is -0.124. The van der Waals surface area contributed by atoms with Crippen molar-refractivity contribution < 1.29 is 18.7 Å². The highest BCUT2D eigenvalue weighted by Gasteiger charge is 2.29. The molecule has 1 aromatic heterocycles. The van der Waals surface area contributed by atoms with E-state index in [1.165, 1.54) is 0 Å². The Hall–Kier alpha value is -3.47. The number of benzene rings is 1. The average Bonchev–Trinajstić information content (AvgIpc) is 3.44. The Kier molecular flexibility index (Phi) is 9.91. The van der Waals surface area contributed by atoms with Gasteiger partial charge in [0, 0.05) is 32.2 Å². The third-order valence-electron chi connectivity index (χ3n) is 7.52. The van der Waals surface area contributed by atoms with Crippen molar-refractivity contribution in [3.8, 4) is 0 Å². The molecule has 4 rings (SSSR count). The molecule has 0 bridgehead atoms. The molecule has 2 heterocycles. The van der Waals surface area contributed by atoms with Crippen molar-refractivity contribution in [2.75, 3.05) is 43.6 Å². The van der Waals surface area contributed by atoms with E-state index in [0.29, 0.717) is 24.7 Å². The standard InChI is InChI=1S/C28H40FN7O3/c1-19-17-35(3)13-14-36(19)26-24(29)25(31-20(2)32-26)33-34-27(37)23(15-21-9-7-8-10-21)16-30-28(38)39-18-22-11-5-4-6-12-22/h4-6,11-12,19,21,23H,7-10,13-18H2,1-3H3,(H,30,38)(H,34,37)(H,31,32,33)/t19-,23+/m0/s1. The van der Waals surface area contributed by atoms with Crippen LogP contribution in [0.3, 0.4) is 0 Å². The molecule has 2 aromatic rings. The van der Waals surface area contributed by atoms with Crippen LogP contribution in [0.15, 0.2) is 30.3 Å². The number of nitrogens with one attached hydrogen (secondary N) is 3. The monoisotopic (exact) mass is 541 g/mol. The number of hydrazine groups is 1. The zero-order chi connectivity index (χ0) is 27.8. The number of aromatic nitrogens is 2. The first-order valence-corrected chi connectivity index (χ1v) is 13.8. The maximum absolute atomic E-state index is 15.5. The number of halogens is 1. The summed E-state index contributed by atoms with van der Waals surface area (Å²) in [7, 11) is 2.04. The number of nitrogens with zero attached hydrogens (tertiary/aromatic N) is 4. The molecule has 0 radical (unpaired) electrons. The summed E-state index contributed by atoms with van der Waals surface area (Å²) in [5, 5.41) is 2.73. The number of ether oxygens (including phenoxy) is 1. The quantitative estimate of drug-likeness (QED) is 0.391. The van der Waals surface area contributed by atoms with E-state index in [-0.39, 0.29) is 36.7 Å². The molecule has 11 heteroatoms. The second-order valence-corrected chi connectivity index (χ2v) is 10.7. The van der Waals surface area contributed by atoms with Crippen LogP contribution in [0.25, 0.3) is 0 Å². The zero-order valence-corrected chi connectivity index (χ0v) is 23.1. The predicted molar refractivity (Wildman–Crippen MR) is 147 cm³/mol. The second kappa shape index (κ2) is 13.5. The maximum atomic E-state index is 15.5. The number of hydrogen-bond acceptors (Lipinski definition) is 8. The van der Waals surface area contributed by atoms with Crippen molar-refractivity contribution in [1.29, 1.82) is 0 Å². The number of likely N-dealkylation sites (N-methyl/N-ethyl adjacent to an activating group) is 1. The molecule has 0 spiro atoms. The summed E-state index contributed by atoms with van der Waals surface area (Å²) in [5.74, 6) is -0.487. The topological polar surface area (TPSA) is 112 Å². The number of carbonyl (C=O) groups is 2. The van der Waals surface area contributed by atoms with Gasteiger partial charge in [-0.25, -0.2) is 14.8 Å². The first kappa shape index (κ1) is 28.5. The smallest absolute Gasteiger partial charge is 0.407 e. The minimum atomic E-state index is -0.604. The van der Waals surface area contributed by atoms with Crippen molar-refractivity contribution >= 4 is 23.6 Å². The number of carbonyl (C=O) groups excluding carboxylic acids is 2. The Bertz CT molecular complexity index is 1110. The fraction of sp³-hybridized carbons (Fsp3) is 0.571. The molecule has 2 atom stereocenters. The third-order valence-corrected chi connectivity index (χ3v) is 7.52. The summed E-state index contributed by atoms with van der Waals surface area (Å²) in [6, 6.07) is 9.48. The second-order valence-electron chi connectivity index (χ2n) is 10.7. The van der Waals surface area contributed by atoms with Gasteiger partial charge in [0.15, 0.2) is 11.6 Å². The summed E-state index contributed by atoms with van der Waals surface area (Å²) >= 11 is 0. The molecular formula is C28H40FN7O3. The Balaban J connectivity index is 1.37. The molecule has 39 heavy (non-hydrogen) atoms. The Morgan fingerprint density at radius 3 is 2.62 bits per heavy atom. The van der Waals surface area contributed by atoms with Gasteiger partial charge >= 0.3 is 6.09 Å². The number of hydrogen-bond donors (Lipinski definition) is 3. The van der Waals surface area contributed by atoms with Gasteiger partial charge in [0.25, 0.3) is 0 Å². The molecule has 1 saturated carbocycles. The molecule has 1 saturated heterocycles. The van der Waals surface area contributed by atoms with E-state index >= 15 is 4.39 Å². The van der Waals surface area contributed by atoms with Crippen LogP contribution >= 0.6 is 0 Å². The van der Waals surface area contributed by atoms with Gasteiger partial charge in [-0.05, 0) is 38.8 Å². The minimum Gasteiger partial charge on any atom is -0.445 e. The lowest BCUT2D eigenvalue weighted by Crippen LogP contribution is -2.51. The van der Waals surface area contributed by atoms with Gasteiger partial charge in [0.1, 0.15) is 12.4 Å². The largest absolute Gasteiger partial charge is 0.445 e. The van der Waals surface area contributed by atoms with Crippen LogP contribution in [0.4, 0.5) is 20.8 Å². The average molecular weight is 542 g/mol. The van der Waals surface area contributed by atoms with Crippen LogP contribution in [0.1, 0.15) is 50.4 Å². The maximum Gasteiger partial charge on any atom is 0.407 e. The number of amides is 2. The van der Waals surface area contributed by atoms with Crippen LogP contribution in [0, 0.1) is 24.6 Å². The molecule has 1 aliphatic heterocycles. The minimum absolute atomic E-state index is 0.0770. The summed E-state index contributed by atoms with van der Waals surface area (Å²) in [4.78, 5) is 38.2.